The monoisotopic (exact) mass is 289 g/mol. The number of nitrogens with zero attached hydrogens (tertiary/aromatic N) is 3. The molecule has 0 N–H and O–H groups in total. The van der Waals surface area contributed by atoms with Gasteiger partial charge in [0.2, 0.25) is 5.91 Å². The summed E-state index contributed by atoms with van der Waals surface area (Å²) in [6, 6.07) is 6.19. The van der Waals surface area contributed by atoms with Crippen LogP contribution >= 0.6 is 0 Å². The summed E-state index contributed by atoms with van der Waals surface area (Å²) < 4.78 is 0. The third-order valence-electron chi connectivity index (χ3n) is 4.24. The Morgan fingerprint density at radius 3 is 2.43 bits per heavy atom. The van der Waals surface area contributed by atoms with Gasteiger partial charge < -0.3 is 9.80 Å². The van der Waals surface area contributed by atoms with Gasteiger partial charge in [0.15, 0.2) is 0 Å². The average Bonchev–Trinajstić information content (AvgIpc) is 2.47. The first kappa shape index (κ1) is 15.8. The Kier molecular flexibility index (Phi) is 5.23. The number of likely N-dealkylation sites (tertiary alicyclic amines) is 1. The van der Waals surface area contributed by atoms with Crippen molar-refractivity contribution < 1.29 is 4.79 Å². The molecule has 1 aromatic carbocycles. The summed E-state index contributed by atoms with van der Waals surface area (Å²) in [5.74, 6) is 0.172. The second-order valence-electron chi connectivity index (χ2n) is 6.15. The molecule has 4 nitrogen and oxygen atoms in total. The molecule has 0 radical (unpaired) electrons. The molecule has 0 unspecified atom stereocenters. The van der Waals surface area contributed by atoms with Gasteiger partial charge in [0.05, 0.1) is 6.54 Å². The van der Waals surface area contributed by atoms with Crippen molar-refractivity contribution in [3.63, 3.8) is 0 Å². The van der Waals surface area contributed by atoms with Crippen molar-refractivity contribution in [1.82, 2.24) is 4.90 Å². The molecule has 0 bridgehead atoms. The Labute approximate surface area is 128 Å². The fourth-order valence-corrected chi connectivity index (χ4v) is 2.85. The summed E-state index contributed by atoms with van der Waals surface area (Å²) in [4.78, 5) is 18.6. The van der Waals surface area contributed by atoms with E-state index in [2.05, 4.69) is 28.9 Å². The van der Waals surface area contributed by atoms with E-state index in [0.29, 0.717) is 6.54 Å². The van der Waals surface area contributed by atoms with Crippen molar-refractivity contribution in [2.75, 3.05) is 50.6 Å². The summed E-state index contributed by atoms with van der Waals surface area (Å²) in [6.45, 7) is 4.73. The molecule has 0 spiro atoms. The molecule has 2 rings (SSSR count). The number of benzene rings is 1. The van der Waals surface area contributed by atoms with Gasteiger partial charge in [0.1, 0.15) is 0 Å². The van der Waals surface area contributed by atoms with Crippen LogP contribution in [0.25, 0.3) is 0 Å². The number of likely N-dealkylation sites (N-methyl/N-ethyl adjacent to an activating group) is 1. The first-order chi connectivity index (χ1) is 9.99. The number of hydrogen-bond acceptors (Lipinski definition) is 3. The topological polar surface area (TPSA) is 26.8 Å². The number of hydrogen-bond donors (Lipinski definition) is 0. The Morgan fingerprint density at radius 1 is 1.14 bits per heavy atom. The van der Waals surface area contributed by atoms with Gasteiger partial charge in [-0.05, 0) is 50.6 Å². The van der Waals surface area contributed by atoms with Crippen LogP contribution in [-0.2, 0) is 4.79 Å². The van der Waals surface area contributed by atoms with Crippen LogP contribution in [0.3, 0.4) is 0 Å². The predicted octanol–water partition coefficient (Wildman–Crippen LogP) is 2.51. The number of rotatable bonds is 4. The minimum absolute atomic E-state index is 0.172. The van der Waals surface area contributed by atoms with Gasteiger partial charge in [-0.1, -0.05) is 12.5 Å². The number of piperidine rings is 1. The van der Waals surface area contributed by atoms with Gasteiger partial charge in [-0.3, -0.25) is 9.69 Å². The van der Waals surface area contributed by atoms with E-state index in [-0.39, 0.29) is 5.91 Å². The smallest absolute Gasteiger partial charge is 0.240 e. The van der Waals surface area contributed by atoms with E-state index in [0.717, 1.165) is 24.5 Å². The second kappa shape index (κ2) is 6.94. The molecule has 116 valence electrons. The van der Waals surface area contributed by atoms with Crippen molar-refractivity contribution in [2.45, 2.75) is 26.2 Å². The quantitative estimate of drug-likeness (QED) is 0.852. The lowest BCUT2D eigenvalue weighted by atomic mass is 10.1. The third kappa shape index (κ3) is 3.97. The molecule has 21 heavy (non-hydrogen) atoms. The molecule has 1 aliphatic rings. The maximum Gasteiger partial charge on any atom is 0.240 e. The molecule has 0 aliphatic carbocycles. The van der Waals surface area contributed by atoms with Gasteiger partial charge in [0.25, 0.3) is 0 Å². The van der Waals surface area contributed by atoms with E-state index in [4.69, 9.17) is 0 Å². The predicted molar refractivity (Wildman–Crippen MR) is 89.2 cm³/mol. The maximum atomic E-state index is 12.4. The molecular formula is C17H27N3O. The van der Waals surface area contributed by atoms with Gasteiger partial charge in [-0.25, -0.2) is 0 Å². The Morgan fingerprint density at radius 2 is 1.81 bits per heavy atom. The number of amides is 1. The molecule has 4 heteroatoms. The molecule has 1 aromatic rings. The highest BCUT2D eigenvalue weighted by Crippen LogP contribution is 2.24. The molecule has 1 amide bonds. The molecule has 1 heterocycles. The van der Waals surface area contributed by atoms with E-state index < -0.39 is 0 Å². The first-order valence-corrected chi connectivity index (χ1v) is 7.76. The van der Waals surface area contributed by atoms with E-state index in [1.54, 1.807) is 4.90 Å². The zero-order chi connectivity index (χ0) is 15.4. The van der Waals surface area contributed by atoms with Crippen molar-refractivity contribution in [1.29, 1.82) is 0 Å². The SMILES string of the molecule is Cc1ccc(N(C)C(=O)CN2CCCCC2)cc1N(C)C. The van der Waals surface area contributed by atoms with Crippen LogP contribution in [0.5, 0.6) is 0 Å². The fourth-order valence-electron chi connectivity index (χ4n) is 2.85. The van der Waals surface area contributed by atoms with Gasteiger partial charge >= 0.3 is 0 Å². The van der Waals surface area contributed by atoms with E-state index in [9.17, 15) is 4.79 Å². The Hall–Kier alpha value is -1.55. The fraction of sp³-hybridized carbons (Fsp3) is 0.588. The summed E-state index contributed by atoms with van der Waals surface area (Å²) in [5, 5.41) is 0. The first-order valence-electron chi connectivity index (χ1n) is 7.76. The second-order valence-corrected chi connectivity index (χ2v) is 6.15. The molecular weight excluding hydrogens is 262 g/mol. The van der Waals surface area contributed by atoms with Crippen LogP contribution in [0, 0.1) is 6.92 Å². The summed E-state index contributed by atoms with van der Waals surface area (Å²) >= 11 is 0. The van der Waals surface area contributed by atoms with Gasteiger partial charge in [-0.15, -0.1) is 0 Å². The lowest BCUT2D eigenvalue weighted by Gasteiger charge is -2.28. The molecule has 1 saturated heterocycles. The number of aryl methyl sites for hydroxylation is 1. The van der Waals surface area contributed by atoms with E-state index >= 15 is 0 Å². The highest BCUT2D eigenvalue weighted by atomic mass is 16.2. The summed E-state index contributed by atoms with van der Waals surface area (Å²) in [5.41, 5.74) is 3.34. The highest BCUT2D eigenvalue weighted by Gasteiger charge is 2.18. The van der Waals surface area contributed by atoms with Crippen molar-refractivity contribution >= 4 is 17.3 Å². The zero-order valence-corrected chi connectivity index (χ0v) is 13.7. The van der Waals surface area contributed by atoms with Crippen LogP contribution < -0.4 is 9.80 Å². The minimum Gasteiger partial charge on any atom is -0.377 e. The van der Waals surface area contributed by atoms with Gasteiger partial charge in [0, 0.05) is 32.5 Å². The van der Waals surface area contributed by atoms with Crippen LogP contribution in [0.2, 0.25) is 0 Å². The highest BCUT2D eigenvalue weighted by molar-refractivity contribution is 5.94. The van der Waals surface area contributed by atoms with Crippen molar-refractivity contribution in [3.05, 3.63) is 23.8 Å². The maximum absolute atomic E-state index is 12.4. The number of carbonyl (C=O) groups excluding carboxylic acids is 1. The van der Waals surface area contributed by atoms with Crippen molar-refractivity contribution in [2.24, 2.45) is 0 Å². The average molecular weight is 289 g/mol. The molecule has 1 aliphatic heterocycles. The van der Waals surface area contributed by atoms with Crippen molar-refractivity contribution in [3.8, 4) is 0 Å². The standard InChI is InChI=1S/C17H27N3O/c1-14-8-9-15(12-16(14)18(2)3)19(4)17(21)13-20-10-6-5-7-11-20/h8-9,12H,5-7,10-11,13H2,1-4H3. The summed E-state index contributed by atoms with van der Waals surface area (Å²) in [6.07, 6.45) is 3.73. The largest absolute Gasteiger partial charge is 0.377 e. The normalized spacial score (nSPS) is 15.8. The minimum atomic E-state index is 0.172. The van der Waals surface area contributed by atoms with Crippen LogP contribution in [0.4, 0.5) is 11.4 Å². The molecule has 1 fully saturated rings. The summed E-state index contributed by atoms with van der Waals surface area (Å²) in [7, 11) is 5.93. The van der Waals surface area contributed by atoms with E-state index in [1.165, 1.54) is 24.8 Å². The Bertz CT molecular complexity index is 493. The van der Waals surface area contributed by atoms with Gasteiger partial charge in [-0.2, -0.15) is 0 Å². The zero-order valence-electron chi connectivity index (χ0n) is 13.7. The van der Waals surface area contributed by atoms with Crippen LogP contribution in [0.1, 0.15) is 24.8 Å². The molecule has 0 aromatic heterocycles. The van der Waals surface area contributed by atoms with Crippen LogP contribution in [-0.4, -0.2) is 51.6 Å². The molecule has 0 saturated carbocycles. The lowest BCUT2D eigenvalue weighted by molar-refractivity contribution is -0.119. The third-order valence-corrected chi connectivity index (χ3v) is 4.24. The molecule has 0 atom stereocenters. The number of anilines is 2. The lowest BCUT2D eigenvalue weighted by Crippen LogP contribution is -2.40. The number of carbonyl (C=O) groups is 1. The van der Waals surface area contributed by atoms with Crippen LogP contribution in [0.15, 0.2) is 18.2 Å². The Balaban J connectivity index is 2.06. The van der Waals surface area contributed by atoms with E-state index in [1.807, 2.05) is 27.2 Å².